The van der Waals surface area contributed by atoms with Crippen molar-refractivity contribution in [1.29, 1.82) is 0 Å². The SMILES string of the molecule is CC(C)(CCC(=O)O)NC(=O)Nc1cc(Br)ccc1N1CCCC1. The Morgan fingerprint density at radius 3 is 2.58 bits per heavy atom. The number of carbonyl (C=O) groups excluding carboxylic acids is 1. The molecular weight excluding hydrogens is 374 g/mol. The molecular formula is C17H24BrN3O3. The van der Waals surface area contributed by atoms with Crippen LogP contribution in [0.15, 0.2) is 22.7 Å². The highest BCUT2D eigenvalue weighted by Crippen LogP contribution is 2.31. The fraction of sp³-hybridized carbons (Fsp3) is 0.529. The molecule has 1 aromatic carbocycles. The minimum Gasteiger partial charge on any atom is -0.481 e. The number of nitrogens with zero attached hydrogens (tertiary/aromatic N) is 1. The fourth-order valence-corrected chi connectivity index (χ4v) is 3.15. The molecule has 1 aliphatic rings. The molecule has 1 fully saturated rings. The lowest BCUT2D eigenvalue weighted by Gasteiger charge is -2.27. The van der Waals surface area contributed by atoms with Gasteiger partial charge >= 0.3 is 12.0 Å². The zero-order chi connectivity index (χ0) is 17.7. The van der Waals surface area contributed by atoms with Gasteiger partial charge in [0.05, 0.1) is 11.4 Å². The molecule has 0 radical (unpaired) electrons. The summed E-state index contributed by atoms with van der Waals surface area (Å²) < 4.78 is 0.894. The predicted molar refractivity (Wildman–Crippen MR) is 98.7 cm³/mol. The van der Waals surface area contributed by atoms with Crippen molar-refractivity contribution < 1.29 is 14.7 Å². The van der Waals surface area contributed by atoms with Gasteiger partial charge in [0, 0.05) is 29.5 Å². The summed E-state index contributed by atoms with van der Waals surface area (Å²) in [4.78, 5) is 25.3. The average Bonchev–Trinajstić information content (AvgIpc) is 2.99. The van der Waals surface area contributed by atoms with E-state index >= 15 is 0 Å². The highest BCUT2D eigenvalue weighted by molar-refractivity contribution is 9.10. The Morgan fingerprint density at radius 2 is 1.96 bits per heavy atom. The number of benzene rings is 1. The van der Waals surface area contributed by atoms with Crippen molar-refractivity contribution in [2.45, 2.75) is 45.1 Å². The van der Waals surface area contributed by atoms with Crippen LogP contribution in [0.1, 0.15) is 39.5 Å². The quantitative estimate of drug-likeness (QED) is 0.681. The van der Waals surface area contributed by atoms with E-state index in [0.717, 1.165) is 41.8 Å². The lowest BCUT2D eigenvalue weighted by molar-refractivity contribution is -0.137. The standard InChI is InChI=1S/C17H24BrN3O3/c1-17(2,8-7-15(22)23)20-16(24)19-13-11-12(18)5-6-14(13)21-9-3-4-10-21/h5-6,11H,3-4,7-10H2,1-2H3,(H,22,23)(H2,19,20,24). The van der Waals surface area contributed by atoms with Gasteiger partial charge in [0.25, 0.3) is 0 Å². The normalized spacial score (nSPS) is 14.5. The number of carboxylic acids is 1. The monoisotopic (exact) mass is 397 g/mol. The summed E-state index contributed by atoms with van der Waals surface area (Å²) in [6.45, 7) is 5.61. The molecule has 0 bridgehead atoms. The second-order valence-corrected chi connectivity index (χ2v) is 7.63. The smallest absolute Gasteiger partial charge is 0.319 e. The number of rotatable bonds is 6. The minimum absolute atomic E-state index is 0.0171. The molecule has 132 valence electrons. The third kappa shape index (κ3) is 5.40. The first-order chi connectivity index (χ1) is 11.3. The molecule has 0 saturated carbocycles. The lowest BCUT2D eigenvalue weighted by atomic mass is 9.99. The summed E-state index contributed by atoms with van der Waals surface area (Å²) in [7, 11) is 0. The summed E-state index contributed by atoms with van der Waals surface area (Å²) in [5.74, 6) is -0.867. The molecule has 1 aromatic rings. The van der Waals surface area contributed by atoms with Crippen LogP contribution >= 0.6 is 15.9 Å². The van der Waals surface area contributed by atoms with E-state index in [-0.39, 0.29) is 12.5 Å². The number of carboxylic acid groups (broad SMARTS) is 1. The van der Waals surface area contributed by atoms with E-state index in [9.17, 15) is 9.59 Å². The Labute approximate surface area is 150 Å². The van der Waals surface area contributed by atoms with Crippen molar-refractivity contribution in [2.75, 3.05) is 23.3 Å². The minimum atomic E-state index is -0.867. The van der Waals surface area contributed by atoms with Gasteiger partial charge < -0.3 is 20.6 Å². The van der Waals surface area contributed by atoms with Crippen molar-refractivity contribution in [3.05, 3.63) is 22.7 Å². The van der Waals surface area contributed by atoms with Crippen LogP contribution in [0, 0.1) is 0 Å². The Bertz CT molecular complexity index is 613. The van der Waals surface area contributed by atoms with Gasteiger partial charge in [0.15, 0.2) is 0 Å². The molecule has 1 aliphatic heterocycles. The summed E-state index contributed by atoms with van der Waals surface area (Å²) in [5, 5.41) is 14.5. The number of aliphatic carboxylic acids is 1. The molecule has 0 unspecified atom stereocenters. The molecule has 3 N–H and O–H groups in total. The van der Waals surface area contributed by atoms with Crippen molar-refractivity contribution in [1.82, 2.24) is 5.32 Å². The number of hydrogen-bond acceptors (Lipinski definition) is 3. The second kappa shape index (κ2) is 7.88. The van der Waals surface area contributed by atoms with Gasteiger partial charge in [0.1, 0.15) is 0 Å². The van der Waals surface area contributed by atoms with E-state index in [1.165, 1.54) is 0 Å². The Morgan fingerprint density at radius 1 is 1.29 bits per heavy atom. The molecule has 1 heterocycles. The Kier molecular flexibility index (Phi) is 6.10. The highest BCUT2D eigenvalue weighted by Gasteiger charge is 2.23. The number of anilines is 2. The largest absolute Gasteiger partial charge is 0.481 e. The number of carbonyl (C=O) groups is 2. The van der Waals surface area contributed by atoms with Crippen LogP contribution in [-0.4, -0.2) is 35.7 Å². The summed E-state index contributed by atoms with van der Waals surface area (Å²) in [6.07, 6.45) is 2.70. The molecule has 24 heavy (non-hydrogen) atoms. The van der Waals surface area contributed by atoms with E-state index in [1.807, 2.05) is 32.0 Å². The number of halogens is 1. The van der Waals surface area contributed by atoms with Crippen LogP contribution < -0.4 is 15.5 Å². The maximum Gasteiger partial charge on any atom is 0.319 e. The first kappa shape index (κ1) is 18.6. The van der Waals surface area contributed by atoms with Crippen LogP contribution in [-0.2, 0) is 4.79 Å². The van der Waals surface area contributed by atoms with E-state index in [0.29, 0.717) is 6.42 Å². The average molecular weight is 398 g/mol. The van der Waals surface area contributed by atoms with Crippen LogP contribution in [0.25, 0.3) is 0 Å². The third-order valence-electron chi connectivity index (χ3n) is 4.07. The van der Waals surface area contributed by atoms with Crippen molar-refractivity contribution >= 4 is 39.3 Å². The number of amides is 2. The van der Waals surface area contributed by atoms with Gasteiger partial charge in [-0.3, -0.25) is 4.79 Å². The molecule has 0 aliphatic carbocycles. The first-order valence-corrected chi connectivity index (χ1v) is 8.92. The third-order valence-corrected chi connectivity index (χ3v) is 4.56. The van der Waals surface area contributed by atoms with Crippen LogP contribution in [0.5, 0.6) is 0 Å². The lowest BCUT2D eigenvalue weighted by Crippen LogP contribution is -2.46. The summed E-state index contributed by atoms with van der Waals surface area (Å²) >= 11 is 3.44. The number of urea groups is 1. The molecule has 6 nitrogen and oxygen atoms in total. The van der Waals surface area contributed by atoms with Gasteiger partial charge in [-0.2, -0.15) is 0 Å². The van der Waals surface area contributed by atoms with E-state index in [2.05, 4.69) is 31.5 Å². The highest BCUT2D eigenvalue weighted by atomic mass is 79.9. The molecule has 0 atom stereocenters. The van der Waals surface area contributed by atoms with Crippen molar-refractivity contribution in [3.63, 3.8) is 0 Å². The molecule has 1 saturated heterocycles. The van der Waals surface area contributed by atoms with Gasteiger partial charge in [0.2, 0.25) is 0 Å². The van der Waals surface area contributed by atoms with Gasteiger partial charge in [-0.1, -0.05) is 15.9 Å². The maximum absolute atomic E-state index is 12.3. The molecule has 0 spiro atoms. The summed E-state index contributed by atoms with van der Waals surface area (Å²) in [6, 6.07) is 5.52. The van der Waals surface area contributed by atoms with Gasteiger partial charge in [-0.25, -0.2) is 4.79 Å². The molecule has 0 aromatic heterocycles. The molecule has 2 rings (SSSR count). The maximum atomic E-state index is 12.3. The van der Waals surface area contributed by atoms with Crippen LogP contribution in [0.3, 0.4) is 0 Å². The van der Waals surface area contributed by atoms with E-state index < -0.39 is 11.5 Å². The van der Waals surface area contributed by atoms with Crippen LogP contribution in [0.2, 0.25) is 0 Å². The van der Waals surface area contributed by atoms with Crippen molar-refractivity contribution in [2.24, 2.45) is 0 Å². The predicted octanol–water partition coefficient (Wildman–Crippen LogP) is 3.81. The zero-order valence-corrected chi connectivity index (χ0v) is 15.6. The topological polar surface area (TPSA) is 81.7 Å². The zero-order valence-electron chi connectivity index (χ0n) is 14.1. The van der Waals surface area contributed by atoms with E-state index in [1.54, 1.807) is 0 Å². The van der Waals surface area contributed by atoms with Gasteiger partial charge in [-0.15, -0.1) is 0 Å². The van der Waals surface area contributed by atoms with Crippen molar-refractivity contribution in [3.8, 4) is 0 Å². The molecule has 2 amide bonds. The number of hydrogen-bond donors (Lipinski definition) is 3. The first-order valence-electron chi connectivity index (χ1n) is 8.12. The van der Waals surface area contributed by atoms with Gasteiger partial charge in [-0.05, 0) is 51.3 Å². The molecule has 7 heteroatoms. The Hall–Kier alpha value is -1.76. The fourth-order valence-electron chi connectivity index (χ4n) is 2.79. The number of nitrogens with one attached hydrogen (secondary N) is 2. The van der Waals surface area contributed by atoms with E-state index in [4.69, 9.17) is 5.11 Å². The Balaban J connectivity index is 2.05. The van der Waals surface area contributed by atoms with Crippen LogP contribution in [0.4, 0.5) is 16.2 Å². The second-order valence-electron chi connectivity index (χ2n) is 6.71. The summed E-state index contributed by atoms with van der Waals surface area (Å²) in [5.41, 5.74) is 1.16.